The molecular weight excluding hydrogens is 556 g/mol. The molecule has 0 atom stereocenters. The zero-order valence-electron chi connectivity index (χ0n) is 22.4. The van der Waals surface area contributed by atoms with Crippen molar-refractivity contribution in [1.29, 1.82) is 0 Å². The van der Waals surface area contributed by atoms with Crippen LogP contribution in [0.2, 0.25) is 0 Å². The number of benzene rings is 4. The molecule has 4 N–H and O–H groups in total. The van der Waals surface area contributed by atoms with Gasteiger partial charge in [0.2, 0.25) is 0 Å². The molecule has 0 aliphatic heterocycles. The summed E-state index contributed by atoms with van der Waals surface area (Å²) in [7, 11) is 1.39. The number of carbonyl (C=O) groups excluding carboxylic acids is 2. The Morgan fingerprint density at radius 1 is 0.714 bits per heavy atom. The van der Waals surface area contributed by atoms with Gasteiger partial charge in [-0.3, -0.25) is 9.59 Å². The fourth-order valence-electron chi connectivity index (χ4n) is 4.42. The molecule has 0 bridgehead atoms. The van der Waals surface area contributed by atoms with Crippen LogP contribution in [0.15, 0.2) is 84.9 Å². The number of ether oxygens (including phenoxy) is 1. The van der Waals surface area contributed by atoms with Crippen LogP contribution in [0.4, 0.5) is 28.9 Å². The van der Waals surface area contributed by atoms with Crippen molar-refractivity contribution in [1.82, 2.24) is 0 Å². The minimum atomic E-state index is -3.61. The Balaban J connectivity index is 1.61. The molecule has 11 heteroatoms. The first-order valence-electron chi connectivity index (χ1n) is 12.6. The minimum absolute atomic E-state index is 0.0361. The fourth-order valence-corrected chi connectivity index (χ4v) is 4.42. The summed E-state index contributed by atoms with van der Waals surface area (Å²) in [4.78, 5) is 24.4. The maximum absolute atomic E-state index is 14.6. The molecule has 4 aromatic rings. The first-order chi connectivity index (χ1) is 20.0. The van der Waals surface area contributed by atoms with Crippen LogP contribution in [0.3, 0.4) is 0 Å². The second kappa shape index (κ2) is 12.2. The van der Waals surface area contributed by atoms with Crippen LogP contribution in [0.5, 0.6) is 23.0 Å². The Morgan fingerprint density at radius 3 is 1.62 bits per heavy atom. The molecule has 7 nitrogen and oxygen atoms in total. The molecule has 1 amide bonds. The van der Waals surface area contributed by atoms with E-state index in [2.05, 4.69) is 10.6 Å². The van der Waals surface area contributed by atoms with E-state index in [1.54, 1.807) is 24.3 Å². The van der Waals surface area contributed by atoms with Crippen LogP contribution < -0.4 is 15.4 Å². The van der Waals surface area contributed by atoms with Crippen LogP contribution in [-0.2, 0) is 5.41 Å². The molecule has 0 heterocycles. The van der Waals surface area contributed by atoms with E-state index in [4.69, 9.17) is 4.74 Å². The van der Waals surface area contributed by atoms with Gasteiger partial charge in [0.1, 0.15) is 28.4 Å². The molecule has 0 fully saturated rings. The van der Waals surface area contributed by atoms with Gasteiger partial charge in [0, 0.05) is 18.2 Å². The summed E-state index contributed by atoms with van der Waals surface area (Å²) in [5, 5.41) is 25.2. The summed E-state index contributed by atoms with van der Waals surface area (Å²) in [6.07, 6.45) is -7.21. The van der Waals surface area contributed by atoms with Gasteiger partial charge in [-0.25, -0.2) is 17.6 Å². The molecule has 0 radical (unpaired) electrons. The summed E-state index contributed by atoms with van der Waals surface area (Å²) >= 11 is 0. The molecule has 0 spiro atoms. The Bertz CT molecular complexity index is 1580. The van der Waals surface area contributed by atoms with Gasteiger partial charge < -0.3 is 25.6 Å². The van der Waals surface area contributed by atoms with Gasteiger partial charge in [0.15, 0.2) is 5.78 Å². The summed E-state index contributed by atoms with van der Waals surface area (Å²) in [5.74, 6) is -0.858. The normalized spacial score (nSPS) is 11.4. The molecule has 0 aromatic heterocycles. The maximum atomic E-state index is 14.6. The number of hydrogen-bond acceptors (Lipinski definition) is 6. The first-order valence-corrected chi connectivity index (χ1v) is 12.6. The van der Waals surface area contributed by atoms with Crippen LogP contribution in [0.25, 0.3) is 0 Å². The highest BCUT2D eigenvalue weighted by Crippen LogP contribution is 2.46. The summed E-state index contributed by atoms with van der Waals surface area (Å²) in [6.45, 7) is 1.44. The number of amides is 1. The number of Topliss-reactive ketones (excluding diaryl/α,β-unsaturated/α-hetero) is 1. The van der Waals surface area contributed by atoms with E-state index < -0.39 is 41.0 Å². The van der Waals surface area contributed by atoms with Gasteiger partial charge in [-0.1, -0.05) is 12.1 Å². The lowest BCUT2D eigenvalue weighted by molar-refractivity contribution is -0.0329. The second-order valence-corrected chi connectivity index (χ2v) is 9.35. The first kappa shape index (κ1) is 29.9. The highest BCUT2D eigenvalue weighted by Gasteiger charge is 2.52. The van der Waals surface area contributed by atoms with Gasteiger partial charge in [0.25, 0.3) is 18.8 Å². The monoisotopic (exact) mass is 582 g/mol. The van der Waals surface area contributed by atoms with Crippen LogP contribution in [0, 0.1) is 0 Å². The number of ketones is 1. The third kappa shape index (κ3) is 5.85. The van der Waals surface area contributed by atoms with Crippen molar-refractivity contribution in [3.63, 3.8) is 0 Å². The predicted molar refractivity (Wildman–Crippen MR) is 149 cm³/mol. The van der Waals surface area contributed by atoms with Crippen LogP contribution in [0.1, 0.15) is 38.8 Å². The third-order valence-corrected chi connectivity index (χ3v) is 6.77. The molecule has 0 aliphatic carbocycles. The van der Waals surface area contributed by atoms with Crippen molar-refractivity contribution in [2.75, 3.05) is 17.7 Å². The fraction of sp³-hybridized carbons (Fsp3) is 0.161. The maximum Gasteiger partial charge on any atom is 0.257 e. The SMILES string of the molecule is CNc1cc(C(c2ccc(O)c(NC(=O)c3ccc(Oc4ccc(C(C)=O)cc4)cc3)c2)(C(F)F)C(F)F)ccc1O. The lowest BCUT2D eigenvalue weighted by atomic mass is 9.74. The van der Waals surface area contributed by atoms with Crippen LogP contribution in [-0.4, -0.2) is 41.8 Å². The zero-order chi connectivity index (χ0) is 30.6. The number of halogens is 4. The molecule has 4 rings (SSSR count). The van der Waals surface area contributed by atoms with Crippen molar-refractivity contribution in [2.45, 2.75) is 25.2 Å². The molecule has 42 heavy (non-hydrogen) atoms. The average Bonchev–Trinajstić information content (AvgIpc) is 2.96. The largest absolute Gasteiger partial charge is 0.506 e. The van der Waals surface area contributed by atoms with E-state index in [9.17, 15) is 37.4 Å². The second-order valence-electron chi connectivity index (χ2n) is 9.35. The van der Waals surface area contributed by atoms with Gasteiger partial charge in [-0.2, -0.15) is 0 Å². The van der Waals surface area contributed by atoms with Crippen molar-refractivity contribution < 1.29 is 42.1 Å². The minimum Gasteiger partial charge on any atom is -0.506 e. The topological polar surface area (TPSA) is 108 Å². The summed E-state index contributed by atoms with van der Waals surface area (Å²) in [6, 6.07) is 18.0. The smallest absolute Gasteiger partial charge is 0.257 e. The number of alkyl halides is 4. The van der Waals surface area contributed by atoms with E-state index in [1.807, 2.05) is 0 Å². The third-order valence-electron chi connectivity index (χ3n) is 6.77. The number of phenols is 2. The van der Waals surface area contributed by atoms with Crippen molar-refractivity contribution in [3.05, 3.63) is 107 Å². The molecular formula is C31H26F4N2O5. The molecule has 0 saturated carbocycles. The van der Waals surface area contributed by atoms with E-state index in [0.717, 1.165) is 36.4 Å². The quantitative estimate of drug-likeness (QED) is 0.0895. The number of rotatable bonds is 10. The van der Waals surface area contributed by atoms with Gasteiger partial charge >= 0.3 is 0 Å². The molecule has 218 valence electrons. The summed E-state index contributed by atoms with van der Waals surface area (Å²) in [5.41, 5.74) is -3.96. The number of phenolic OH excluding ortho intramolecular Hbond substituents is 2. The van der Waals surface area contributed by atoms with Crippen molar-refractivity contribution in [3.8, 4) is 23.0 Å². The average molecular weight is 583 g/mol. The molecule has 0 unspecified atom stereocenters. The number of carbonyl (C=O) groups is 2. The predicted octanol–water partition coefficient (Wildman–Crippen LogP) is 7.20. The number of anilines is 2. The Morgan fingerprint density at radius 2 is 1.17 bits per heavy atom. The van der Waals surface area contributed by atoms with Gasteiger partial charge in [0.05, 0.1) is 11.4 Å². The number of hydrogen-bond donors (Lipinski definition) is 4. The Kier molecular flexibility index (Phi) is 8.70. The van der Waals surface area contributed by atoms with E-state index in [0.29, 0.717) is 17.1 Å². The number of nitrogens with one attached hydrogen (secondary N) is 2. The molecule has 4 aromatic carbocycles. The van der Waals surface area contributed by atoms with Gasteiger partial charge in [-0.05, 0) is 90.8 Å². The van der Waals surface area contributed by atoms with Gasteiger partial charge in [-0.15, -0.1) is 0 Å². The summed E-state index contributed by atoms with van der Waals surface area (Å²) < 4.78 is 64.0. The lowest BCUT2D eigenvalue weighted by Crippen LogP contribution is -2.43. The van der Waals surface area contributed by atoms with E-state index in [1.165, 1.54) is 38.2 Å². The highest BCUT2D eigenvalue weighted by atomic mass is 19.3. The van der Waals surface area contributed by atoms with Crippen LogP contribution >= 0.6 is 0 Å². The van der Waals surface area contributed by atoms with Crippen molar-refractivity contribution >= 4 is 23.1 Å². The number of aromatic hydroxyl groups is 2. The Labute approximate surface area is 238 Å². The van der Waals surface area contributed by atoms with E-state index >= 15 is 0 Å². The highest BCUT2D eigenvalue weighted by molar-refractivity contribution is 6.05. The van der Waals surface area contributed by atoms with Crippen molar-refractivity contribution in [2.24, 2.45) is 0 Å². The zero-order valence-corrected chi connectivity index (χ0v) is 22.4. The standard InChI is InChI=1S/C31H26F4N2O5/c1-17(38)18-3-9-22(10-4-18)42-23-11-5-19(6-12-23)28(41)37-25-16-21(8-14-27(25)40)31(29(32)33,30(34)35)20-7-13-26(39)24(15-20)36-2/h3-16,29-30,36,39-40H,1-2H3,(H,37,41). The lowest BCUT2D eigenvalue weighted by Gasteiger charge is -2.34. The molecule has 0 saturated heterocycles. The Hall–Kier alpha value is -5.06. The molecule has 0 aliphatic rings. The van der Waals surface area contributed by atoms with E-state index in [-0.39, 0.29) is 28.5 Å².